The first kappa shape index (κ1) is 22.9. The monoisotopic (exact) mass is 506 g/mol. The first-order valence-electron chi connectivity index (χ1n) is 7.99. The number of piperidine rings is 1. The maximum Gasteiger partial charge on any atom is 0.434 e. The zero-order valence-corrected chi connectivity index (χ0v) is 17.7. The van der Waals surface area contributed by atoms with Crippen LogP contribution in [0.15, 0.2) is 10.4 Å². The van der Waals surface area contributed by atoms with Crippen LogP contribution in [0.25, 0.3) is 0 Å². The first-order chi connectivity index (χ1) is 11.8. The molecule has 6 nitrogen and oxygen atoms in total. The number of nitrogens with zero attached hydrogens (tertiary/aromatic N) is 3. The van der Waals surface area contributed by atoms with Gasteiger partial charge < -0.3 is 15.0 Å². The maximum atomic E-state index is 12.6. The van der Waals surface area contributed by atoms with Crippen LogP contribution in [0, 0.1) is 5.92 Å². The number of guanidine groups is 1. The fourth-order valence-electron chi connectivity index (χ4n) is 2.60. The van der Waals surface area contributed by atoms with Crippen molar-refractivity contribution in [3.63, 3.8) is 0 Å². The molecule has 0 aromatic carbocycles. The Balaban J connectivity index is 0.00000338. The van der Waals surface area contributed by atoms with E-state index in [9.17, 15) is 18.0 Å². The van der Waals surface area contributed by atoms with Crippen molar-refractivity contribution >= 4 is 47.2 Å². The van der Waals surface area contributed by atoms with E-state index in [1.165, 1.54) is 0 Å². The lowest BCUT2D eigenvalue weighted by Crippen LogP contribution is -2.46. The minimum atomic E-state index is -4.43. The molecular weight excluding hydrogens is 484 g/mol. The number of likely N-dealkylation sites (tertiary alicyclic amines) is 1. The Morgan fingerprint density at radius 1 is 1.46 bits per heavy atom. The summed E-state index contributed by atoms with van der Waals surface area (Å²) in [7, 11) is 1.61. The van der Waals surface area contributed by atoms with Gasteiger partial charge in [0.1, 0.15) is 5.01 Å². The van der Waals surface area contributed by atoms with Gasteiger partial charge in [-0.3, -0.25) is 9.79 Å². The summed E-state index contributed by atoms with van der Waals surface area (Å²) in [6.45, 7) is 3.59. The summed E-state index contributed by atoms with van der Waals surface area (Å²) in [4.78, 5) is 21.5. The van der Waals surface area contributed by atoms with Gasteiger partial charge in [-0.1, -0.05) is 0 Å². The Bertz CT molecular complexity index is 616. The van der Waals surface area contributed by atoms with Crippen molar-refractivity contribution < 1.29 is 22.7 Å². The van der Waals surface area contributed by atoms with Crippen LogP contribution in [-0.2, 0) is 22.3 Å². The zero-order chi connectivity index (χ0) is 18.4. The smallest absolute Gasteiger partial charge is 0.434 e. The molecule has 1 aliphatic rings. The second-order valence-corrected chi connectivity index (χ2v) is 6.48. The molecule has 148 valence electrons. The summed E-state index contributed by atoms with van der Waals surface area (Å²) in [6, 6.07) is 0. The van der Waals surface area contributed by atoms with Gasteiger partial charge in [-0.25, -0.2) is 4.98 Å². The highest BCUT2D eigenvalue weighted by molar-refractivity contribution is 14.0. The van der Waals surface area contributed by atoms with Gasteiger partial charge in [0.15, 0.2) is 11.7 Å². The van der Waals surface area contributed by atoms with E-state index in [-0.39, 0.29) is 42.4 Å². The summed E-state index contributed by atoms with van der Waals surface area (Å²) >= 11 is 0.957. The number of ether oxygens (including phenoxy) is 1. The molecule has 1 aromatic heterocycles. The molecule has 0 radical (unpaired) electrons. The van der Waals surface area contributed by atoms with Gasteiger partial charge in [-0.15, -0.1) is 35.3 Å². The first-order valence-corrected chi connectivity index (χ1v) is 8.87. The summed E-state index contributed by atoms with van der Waals surface area (Å²) in [5, 5.41) is 4.38. The quantitative estimate of drug-likeness (QED) is 0.294. The second kappa shape index (κ2) is 10.3. The summed E-state index contributed by atoms with van der Waals surface area (Å²) in [5.41, 5.74) is -0.875. The van der Waals surface area contributed by atoms with Crippen molar-refractivity contribution in [3.8, 4) is 0 Å². The number of halogens is 4. The average Bonchev–Trinajstić information content (AvgIpc) is 3.05. The van der Waals surface area contributed by atoms with E-state index >= 15 is 0 Å². The molecule has 0 saturated carbocycles. The SMILES string of the molecule is CCOC(=O)C1CCN(C(=NC)NCc2nc(C(F)(F)F)cs2)CC1.I. The molecule has 2 rings (SSSR count). The van der Waals surface area contributed by atoms with E-state index in [0.29, 0.717) is 43.5 Å². The molecule has 0 spiro atoms. The third-order valence-corrected chi connectivity index (χ3v) is 4.71. The number of aliphatic imine (C=N–C) groups is 1. The molecule has 26 heavy (non-hydrogen) atoms. The van der Waals surface area contributed by atoms with Crippen LogP contribution in [-0.4, -0.2) is 48.6 Å². The van der Waals surface area contributed by atoms with E-state index in [0.717, 1.165) is 16.7 Å². The number of rotatable bonds is 4. The molecule has 11 heteroatoms. The van der Waals surface area contributed by atoms with Crippen LogP contribution < -0.4 is 5.32 Å². The minimum Gasteiger partial charge on any atom is -0.466 e. The fourth-order valence-corrected chi connectivity index (χ4v) is 3.34. The molecular formula is C15H22F3IN4O2S. The summed E-state index contributed by atoms with van der Waals surface area (Å²) in [5.74, 6) is 0.307. The maximum absolute atomic E-state index is 12.6. The van der Waals surface area contributed by atoms with Crippen LogP contribution in [0.2, 0.25) is 0 Å². The number of alkyl halides is 3. The summed E-state index contributed by atoms with van der Waals surface area (Å²) < 4.78 is 42.7. The van der Waals surface area contributed by atoms with Crippen LogP contribution in [0.4, 0.5) is 13.2 Å². The lowest BCUT2D eigenvalue weighted by atomic mass is 9.97. The van der Waals surface area contributed by atoms with Crippen molar-refractivity contribution in [2.75, 3.05) is 26.7 Å². The number of carbonyl (C=O) groups excluding carboxylic acids is 1. The van der Waals surface area contributed by atoms with Gasteiger partial charge in [0.2, 0.25) is 0 Å². The molecule has 0 amide bonds. The van der Waals surface area contributed by atoms with E-state index in [1.807, 2.05) is 4.90 Å². The Morgan fingerprint density at radius 2 is 2.12 bits per heavy atom. The van der Waals surface area contributed by atoms with E-state index < -0.39 is 11.9 Å². The van der Waals surface area contributed by atoms with E-state index in [1.54, 1.807) is 14.0 Å². The van der Waals surface area contributed by atoms with Crippen molar-refractivity contribution in [2.45, 2.75) is 32.5 Å². The number of carbonyl (C=O) groups is 1. The van der Waals surface area contributed by atoms with Gasteiger partial charge in [0.25, 0.3) is 0 Å². The normalized spacial score (nSPS) is 16.2. The van der Waals surface area contributed by atoms with E-state index in [4.69, 9.17) is 4.74 Å². The topological polar surface area (TPSA) is 66.8 Å². The number of aromatic nitrogens is 1. The molecule has 0 aliphatic carbocycles. The predicted molar refractivity (Wildman–Crippen MR) is 104 cm³/mol. The highest BCUT2D eigenvalue weighted by Gasteiger charge is 2.33. The molecule has 0 bridgehead atoms. The van der Waals surface area contributed by atoms with Crippen LogP contribution >= 0.6 is 35.3 Å². The number of thiazole rings is 1. The molecule has 1 saturated heterocycles. The second-order valence-electron chi connectivity index (χ2n) is 5.54. The minimum absolute atomic E-state index is 0. The molecule has 1 aromatic rings. The highest BCUT2D eigenvalue weighted by Crippen LogP contribution is 2.30. The molecule has 2 heterocycles. The average molecular weight is 506 g/mol. The molecule has 1 aliphatic heterocycles. The predicted octanol–water partition coefficient (Wildman–Crippen LogP) is 3.13. The van der Waals surface area contributed by atoms with Gasteiger partial charge in [0.05, 0.1) is 19.1 Å². The number of hydrogen-bond acceptors (Lipinski definition) is 5. The standard InChI is InChI=1S/C15H21F3N4O2S.HI/c1-3-24-13(23)10-4-6-22(7-5-10)14(19-2)20-8-12-21-11(9-25-12)15(16,17)18;/h9-10H,3-8H2,1-2H3,(H,19,20);1H. The van der Waals surface area contributed by atoms with Crippen LogP contribution in [0.3, 0.4) is 0 Å². The molecule has 1 fully saturated rings. The van der Waals surface area contributed by atoms with E-state index in [2.05, 4.69) is 15.3 Å². The lowest BCUT2D eigenvalue weighted by Gasteiger charge is -2.33. The molecule has 0 unspecified atom stereocenters. The fraction of sp³-hybridized carbons (Fsp3) is 0.667. The Labute approximate surface area is 171 Å². The van der Waals surface area contributed by atoms with Crippen molar-refractivity contribution in [3.05, 3.63) is 16.1 Å². The lowest BCUT2D eigenvalue weighted by molar-refractivity contribution is -0.149. The van der Waals surface area contributed by atoms with Crippen molar-refractivity contribution in [1.82, 2.24) is 15.2 Å². The van der Waals surface area contributed by atoms with Crippen LogP contribution in [0.5, 0.6) is 0 Å². The Morgan fingerprint density at radius 3 is 2.62 bits per heavy atom. The Kier molecular flexibility index (Phi) is 9.07. The molecule has 1 N–H and O–H groups in total. The summed E-state index contributed by atoms with van der Waals surface area (Å²) in [6.07, 6.45) is -3.10. The third kappa shape index (κ3) is 6.25. The number of nitrogens with one attached hydrogen (secondary N) is 1. The number of esters is 1. The van der Waals surface area contributed by atoms with Crippen molar-refractivity contribution in [2.24, 2.45) is 10.9 Å². The highest BCUT2D eigenvalue weighted by atomic mass is 127. The Hall–Kier alpha value is -1.11. The molecule has 0 atom stereocenters. The van der Waals surface area contributed by atoms with Gasteiger partial charge >= 0.3 is 12.1 Å². The van der Waals surface area contributed by atoms with Crippen LogP contribution in [0.1, 0.15) is 30.5 Å². The van der Waals surface area contributed by atoms with Gasteiger partial charge in [-0.2, -0.15) is 13.2 Å². The third-order valence-electron chi connectivity index (χ3n) is 3.87. The number of hydrogen-bond donors (Lipinski definition) is 1. The van der Waals surface area contributed by atoms with Crippen molar-refractivity contribution in [1.29, 1.82) is 0 Å². The van der Waals surface area contributed by atoms with Gasteiger partial charge in [-0.05, 0) is 19.8 Å². The zero-order valence-electron chi connectivity index (χ0n) is 14.5. The largest absolute Gasteiger partial charge is 0.466 e. The van der Waals surface area contributed by atoms with Gasteiger partial charge in [0, 0.05) is 25.5 Å².